The fraction of sp³-hybridized carbons (Fsp3) is 0.773. The molecule has 0 amide bonds. The van der Waals surface area contributed by atoms with Crippen LogP contribution in [0.3, 0.4) is 0 Å². The second kappa shape index (κ2) is 60.4. The van der Waals surface area contributed by atoms with Crippen molar-refractivity contribution in [2.45, 2.75) is 316 Å². The Morgan fingerprint density at radius 2 is 0.569 bits per heavy atom. The molecule has 0 saturated carbocycles. The van der Waals surface area contributed by atoms with Crippen molar-refractivity contribution in [3.8, 4) is 0 Å². The number of hydrogen-bond acceptors (Lipinski definition) is 6. The molecule has 6 nitrogen and oxygen atoms in total. The van der Waals surface area contributed by atoms with E-state index in [2.05, 4.69) is 87.6 Å². The first-order valence-corrected chi connectivity index (χ1v) is 30.9. The summed E-state index contributed by atoms with van der Waals surface area (Å²) in [6.07, 6.45) is 77.9. The van der Waals surface area contributed by atoms with Gasteiger partial charge in [-0.2, -0.15) is 0 Å². The minimum atomic E-state index is -0.811. The average Bonchev–Trinajstić information content (AvgIpc) is 3.38. The smallest absolute Gasteiger partial charge is 0.306 e. The van der Waals surface area contributed by atoms with Crippen LogP contribution in [0.1, 0.15) is 310 Å². The lowest BCUT2D eigenvalue weighted by atomic mass is 10.0. The Balaban J connectivity index is 4.30. The Labute approximate surface area is 446 Å². The molecule has 0 rings (SSSR count). The van der Waals surface area contributed by atoms with Gasteiger partial charge in [0.2, 0.25) is 0 Å². The van der Waals surface area contributed by atoms with E-state index in [1.54, 1.807) is 0 Å². The highest BCUT2D eigenvalue weighted by atomic mass is 16.6. The van der Waals surface area contributed by atoms with Crippen LogP contribution in [0.15, 0.2) is 72.9 Å². The van der Waals surface area contributed by atoms with Crippen LogP contribution in [0.2, 0.25) is 0 Å². The van der Waals surface area contributed by atoms with E-state index in [1.165, 1.54) is 173 Å². The van der Waals surface area contributed by atoms with E-state index in [4.69, 9.17) is 14.2 Å². The van der Waals surface area contributed by atoms with E-state index < -0.39 is 6.10 Å². The second-order valence-electron chi connectivity index (χ2n) is 20.6. The maximum atomic E-state index is 12.9. The lowest BCUT2D eigenvalue weighted by Gasteiger charge is -2.18. The van der Waals surface area contributed by atoms with Crippen molar-refractivity contribution in [1.82, 2.24) is 0 Å². The van der Waals surface area contributed by atoms with Gasteiger partial charge in [-0.3, -0.25) is 14.4 Å². The van der Waals surface area contributed by atoms with Crippen molar-refractivity contribution in [3.63, 3.8) is 0 Å². The second-order valence-corrected chi connectivity index (χ2v) is 20.6. The number of unbranched alkanes of at least 4 members (excludes halogenated alkanes) is 33. The summed E-state index contributed by atoms with van der Waals surface area (Å²) in [6.45, 7) is 6.47. The van der Waals surface area contributed by atoms with Gasteiger partial charge in [0.05, 0.1) is 0 Å². The van der Waals surface area contributed by atoms with Gasteiger partial charge in [0, 0.05) is 19.3 Å². The van der Waals surface area contributed by atoms with Crippen LogP contribution < -0.4 is 0 Å². The number of esters is 3. The van der Waals surface area contributed by atoms with Crippen LogP contribution in [0.25, 0.3) is 0 Å². The highest BCUT2D eigenvalue weighted by molar-refractivity contribution is 5.71. The van der Waals surface area contributed by atoms with E-state index in [9.17, 15) is 14.4 Å². The Morgan fingerprint density at radius 1 is 0.292 bits per heavy atom. The Kier molecular flexibility index (Phi) is 57.8. The van der Waals surface area contributed by atoms with Gasteiger partial charge in [-0.25, -0.2) is 0 Å². The molecule has 0 spiro atoms. The lowest BCUT2D eigenvalue weighted by Crippen LogP contribution is -2.30. The average molecular weight is 1010 g/mol. The van der Waals surface area contributed by atoms with Crippen molar-refractivity contribution in [2.24, 2.45) is 0 Å². The van der Waals surface area contributed by atoms with Crippen LogP contribution >= 0.6 is 0 Å². The fourth-order valence-corrected chi connectivity index (χ4v) is 8.84. The molecule has 1 atom stereocenters. The van der Waals surface area contributed by atoms with E-state index in [1.807, 2.05) is 6.08 Å². The van der Waals surface area contributed by atoms with Crippen molar-refractivity contribution < 1.29 is 28.6 Å². The summed E-state index contributed by atoms with van der Waals surface area (Å²) < 4.78 is 16.8. The molecule has 0 heterocycles. The topological polar surface area (TPSA) is 78.9 Å². The molecule has 0 aliphatic heterocycles. The zero-order chi connectivity index (χ0) is 52.2. The predicted molar refractivity (Wildman–Crippen MR) is 311 cm³/mol. The van der Waals surface area contributed by atoms with Crippen LogP contribution in [0, 0.1) is 0 Å². The van der Waals surface area contributed by atoms with Gasteiger partial charge in [0.25, 0.3) is 0 Å². The molecule has 0 aromatic rings. The summed E-state index contributed by atoms with van der Waals surface area (Å²) in [5, 5.41) is 0. The van der Waals surface area contributed by atoms with Crippen molar-refractivity contribution in [1.29, 1.82) is 0 Å². The molecular formula is C66H116O6. The maximum absolute atomic E-state index is 12.9. The molecule has 72 heavy (non-hydrogen) atoms. The lowest BCUT2D eigenvalue weighted by molar-refractivity contribution is -0.166. The molecule has 0 aromatic carbocycles. The first-order chi connectivity index (χ1) is 35.5. The molecule has 0 N–H and O–H groups in total. The van der Waals surface area contributed by atoms with Crippen LogP contribution in [0.5, 0.6) is 0 Å². The molecule has 0 aliphatic rings. The van der Waals surface area contributed by atoms with Gasteiger partial charge in [-0.05, 0) is 77.0 Å². The van der Waals surface area contributed by atoms with Crippen molar-refractivity contribution >= 4 is 17.9 Å². The number of allylic oxidation sites excluding steroid dienone is 12. The monoisotopic (exact) mass is 1000 g/mol. The van der Waals surface area contributed by atoms with Gasteiger partial charge >= 0.3 is 17.9 Å². The van der Waals surface area contributed by atoms with E-state index >= 15 is 0 Å². The third-order valence-corrected chi connectivity index (χ3v) is 13.5. The Hall–Kier alpha value is -3.15. The van der Waals surface area contributed by atoms with Crippen LogP contribution in [-0.4, -0.2) is 37.2 Å². The third kappa shape index (κ3) is 57.7. The zero-order valence-corrected chi connectivity index (χ0v) is 47.7. The normalized spacial score (nSPS) is 12.5. The first-order valence-electron chi connectivity index (χ1n) is 30.9. The number of rotatable bonds is 56. The van der Waals surface area contributed by atoms with Gasteiger partial charge in [0.15, 0.2) is 6.10 Å². The van der Waals surface area contributed by atoms with Crippen LogP contribution in [0.4, 0.5) is 0 Å². The van der Waals surface area contributed by atoms with Gasteiger partial charge in [-0.1, -0.05) is 286 Å². The number of ether oxygens (including phenoxy) is 3. The molecule has 416 valence electrons. The highest BCUT2D eigenvalue weighted by Crippen LogP contribution is 2.17. The highest BCUT2D eigenvalue weighted by Gasteiger charge is 2.19. The molecule has 0 bridgehead atoms. The standard InChI is InChI=1S/C66H116O6/c1-4-7-10-13-16-19-22-25-27-29-30-31-32-33-34-35-36-37-39-41-44-47-50-53-56-59-65(68)71-62-63(61-70-64(67)58-55-52-49-46-43-40-24-21-18-15-12-9-6-3)72-66(69)60-57-54-51-48-45-42-38-28-26-23-20-17-14-11-8-5-2/h9,12,18,20-21,23,28,38,40,43,49,52,63H,4-8,10-11,13-17,19,22,24-27,29-37,39,41-42,44-48,50-51,53-62H2,1-3H3/b12-9-,21-18-,23-20-,38-28-,43-40-,52-49-. The summed E-state index contributed by atoms with van der Waals surface area (Å²) in [6, 6.07) is 0. The molecule has 0 aromatic heterocycles. The van der Waals surface area contributed by atoms with Crippen molar-refractivity contribution in [3.05, 3.63) is 72.9 Å². The Morgan fingerprint density at radius 3 is 0.944 bits per heavy atom. The largest absolute Gasteiger partial charge is 0.462 e. The summed E-state index contributed by atoms with van der Waals surface area (Å²) in [7, 11) is 0. The molecule has 0 aliphatic carbocycles. The SMILES string of the molecule is CC/C=C\C/C=C\C/C=C\C/C=C\CCC(=O)OCC(COC(=O)CCCCCCCCCCCCCCCCCCCCCCCCCCC)OC(=O)CCCCCCC/C=C\C/C=C\CCCCCC. The molecule has 6 heteroatoms. The van der Waals surface area contributed by atoms with Gasteiger partial charge in [-0.15, -0.1) is 0 Å². The van der Waals surface area contributed by atoms with Gasteiger partial charge in [0.1, 0.15) is 13.2 Å². The number of hydrogen-bond donors (Lipinski definition) is 0. The first kappa shape index (κ1) is 68.8. The minimum Gasteiger partial charge on any atom is -0.462 e. The predicted octanol–water partition coefficient (Wildman–Crippen LogP) is 20.9. The fourth-order valence-electron chi connectivity index (χ4n) is 8.84. The molecule has 0 saturated heterocycles. The maximum Gasteiger partial charge on any atom is 0.306 e. The van der Waals surface area contributed by atoms with Crippen LogP contribution in [-0.2, 0) is 28.6 Å². The van der Waals surface area contributed by atoms with E-state index in [0.717, 1.165) is 89.9 Å². The van der Waals surface area contributed by atoms with Gasteiger partial charge < -0.3 is 14.2 Å². The Bertz CT molecular complexity index is 1340. The summed E-state index contributed by atoms with van der Waals surface area (Å²) in [4.78, 5) is 38.2. The summed E-state index contributed by atoms with van der Waals surface area (Å²) in [5.74, 6) is -0.988. The molecular weight excluding hydrogens is 889 g/mol. The number of carbonyl (C=O) groups is 3. The van der Waals surface area contributed by atoms with E-state index in [-0.39, 0.29) is 37.5 Å². The third-order valence-electron chi connectivity index (χ3n) is 13.5. The quantitative estimate of drug-likeness (QED) is 0.0261. The summed E-state index contributed by atoms with van der Waals surface area (Å²) >= 11 is 0. The summed E-state index contributed by atoms with van der Waals surface area (Å²) in [5.41, 5.74) is 0. The zero-order valence-electron chi connectivity index (χ0n) is 47.7. The van der Waals surface area contributed by atoms with E-state index in [0.29, 0.717) is 19.3 Å². The molecule has 0 radical (unpaired) electrons. The molecule has 1 unspecified atom stereocenters. The molecule has 0 fully saturated rings. The van der Waals surface area contributed by atoms with Crippen molar-refractivity contribution in [2.75, 3.05) is 13.2 Å². The number of carbonyl (C=O) groups excluding carboxylic acids is 3. The minimum absolute atomic E-state index is 0.101.